The summed E-state index contributed by atoms with van der Waals surface area (Å²) in [5.41, 5.74) is 1.80. The number of benzene rings is 2. The van der Waals surface area contributed by atoms with Crippen LogP contribution in [0.1, 0.15) is 20.7 Å². The molecule has 0 bridgehead atoms. The zero-order chi connectivity index (χ0) is 18.4. The third-order valence-corrected chi connectivity index (χ3v) is 3.89. The van der Waals surface area contributed by atoms with Crippen molar-refractivity contribution in [1.82, 2.24) is 0 Å². The van der Waals surface area contributed by atoms with E-state index in [-0.39, 0.29) is 35.2 Å². The molecule has 0 fully saturated rings. The number of carbonyl (C=O) groups is 2. The molecule has 0 atom stereocenters. The van der Waals surface area contributed by atoms with Crippen LogP contribution in [0, 0.1) is 0 Å². The van der Waals surface area contributed by atoms with Gasteiger partial charge in [-0.15, -0.1) is 0 Å². The molecule has 0 spiro atoms. The second-order valence-corrected chi connectivity index (χ2v) is 5.74. The second kappa shape index (κ2) is 9.64. The van der Waals surface area contributed by atoms with Crippen molar-refractivity contribution in [3.63, 3.8) is 0 Å². The van der Waals surface area contributed by atoms with Crippen molar-refractivity contribution in [3.05, 3.63) is 90.3 Å². The molecule has 27 heavy (non-hydrogen) atoms. The first-order valence-electron chi connectivity index (χ1n) is 8.18. The number of halogens is 1. The van der Waals surface area contributed by atoms with Gasteiger partial charge in [-0.2, -0.15) is 4.57 Å². The minimum Gasteiger partial charge on any atom is -1.00 e. The SMILES string of the molecule is COc1ccc(NC(=O)c2ccc[n+](CC(=O)c3ccccc3)c2)cc1.[Br-]. The Morgan fingerprint density at radius 1 is 0.926 bits per heavy atom. The van der Waals surface area contributed by atoms with Gasteiger partial charge in [0.15, 0.2) is 12.4 Å². The van der Waals surface area contributed by atoms with Gasteiger partial charge in [-0.05, 0) is 30.3 Å². The summed E-state index contributed by atoms with van der Waals surface area (Å²) in [5.74, 6) is 0.472. The Balaban J connectivity index is 0.00000261. The fourth-order valence-corrected chi connectivity index (χ4v) is 2.51. The average molecular weight is 427 g/mol. The second-order valence-electron chi connectivity index (χ2n) is 5.74. The molecule has 0 saturated carbocycles. The first-order chi connectivity index (χ1) is 12.7. The number of Topliss-reactive ketones (excluding diaryl/α,β-unsaturated/α-hetero) is 1. The van der Waals surface area contributed by atoms with Crippen LogP contribution in [0.2, 0.25) is 0 Å². The van der Waals surface area contributed by atoms with Crippen LogP contribution < -0.4 is 31.6 Å². The maximum absolute atomic E-state index is 12.4. The number of aromatic nitrogens is 1. The molecule has 3 rings (SSSR count). The number of pyridine rings is 1. The molecule has 1 aromatic heterocycles. The standard InChI is InChI=1S/C21H18N2O3.BrH/c1-26-19-11-9-18(10-12-19)22-21(25)17-8-5-13-23(14-17)15-20(24)16-6-3-2-4-7-16;/h2-14H,15H2,1H3;1H. The van der Waals surface area contributed by atoms with Gasteiger partial charge in [-0.1, -0.05) is 30.3 Å². The summed E-state index contributed by atoms with van der Waals surface area (Å²) < 4.78 is 6.81. The predicted molar refractivity (Wildman–Crippen MR) is 98.4 cm³/mol. The monoisotopic (exact) mass is 426 g/mol. The van der Waals surface area contributed by atoms with Gasteiger partial charge in [-0.25, -0.2) is 0 Å². The summed E-state index contributed by atoms with van der Waals surface area (Å²) in [5, 5.41) is 2.83. The maximum atomic E-state index is 12.4. The van der Waals surface area contributed by atoms with E-state index in [4.69, 9.17) is 4.74 Å². The van der Waals surface area contributed by atoms with E-state index in [2.05, 4.69) is 5.32 Å². The summed E-state index contributed by atoms with van der Waals surface area (Å²) in [6, 6.07) is 19.6. The maximum Gasteiger partial charge on any atom is 0.261 e. The largest absolute Gasteiger partial charge is 1.00 e. The van der Waals surface area contributed by atoms with Crippen LogP contribution in [-0.2, 0) is 6.54 Å². The van der Waals surface area contributed by atoms with Gasteiger partial charge in [0.1, 0.15) is 11.3 Å². The van der Waals surface area contributed by atoms with Crippen LogP contribution in [0.3, 0.4) is 0 Å². The fraction of sp³-hybridized carbons (Fsp3) is 0.0952. The lowest BCUT2D eigenvalue weighted by molar-refractivity contribution is -0.683. The summed E-state index contributed by atoms with van der Waals surface area (Å²) in [6.45, 7) is 0.174. The molecule has 0 aliphatic carbocycles. The number of carbonyl (C=O) groups excluding carboxylic acids is 2. The smallest absolute Gasteiger partial charge is 0.261 e. The molecule has 0 unspecified atom stereocenters. The average Bonchev–Trinajstić information content (AvgIpc) is 2.69. The molecule has 5 nitrogen and oxygen atoms in total. The Hall–Kier alpha value is -2.99. The van der Waals surface area contributed by atoms with E-state index < -0.39 is 0 Å². The first-order valence-corrected chi connectivity index (χ1v) is 8.18. The molecule has 138 valence electrons. The van der Waals surface area contributed by atoms with Crippen molar-refractivity contribution >= 4 is 17.4 Å². The van der Waals surface area contributed by atoms with E-state index >= 15 is 0 Å². The molecular formula is C21H19BrN2O3. The van der Waals surface area contributed by atoms with Gasteiger partial charge in [0.05, 0.1) is 7.11 Å². The Morgan fingerprint density at radius 3 is 2.26 bits per heavy atom. The summed E-state index contributed by atoms with van der Waals surface area (Å²) in [7, 11) is 1.59. The van der Waals surface area contributed by atoms with Crippen molar-refractivity contribution in [3.8, 4) is 5.75 Å². The zero-order valence-electron chi connectivity index (χ0n) is 14.8. The van der Waals surface area contributed by atoms with Crippen LogP contribution in [0.15, 0.2) is 79.1 Å². The quantitative estimate of drug-likeness (QED) is 0.449. The molecule has 1 N–H and O–H groups in total. The molecule has 2 aromatic carbocycles. The number of hydrogen-bond acceptors (Lipinski definition) is 3. The number of rotatable bonds is 6. The lowest BCUT2D eigenvalue weighted by Crippen LogP contribution is -3.00. The number of methoxy groups -OCH3 is 1. The number of ketones is 1. The molecule has 3 aromatic rings. The van der Waals surface area contributed by atoms with E-state index in [0.717, 1.165) is 5.75 Å². The van der Waals surface area contributed by atoms with Crippen LogP contribution in [-0.4, -0.2) is 18.8 Å². The van der Waals surface area contributed by atoms with Gasteiger partial charge in [-0.3, -0.25) is 9.59 Å². The van der Waals surface area contributed by atoms with Crippen molar-refractivity contribution < 1.29 is 35.9 Å². The Labute approximate surface area is 168 Å². The van der Waals surface area contributed by atoms with E-state index in [1.165, 1.54) is 0 Å². The Kier molecular flexibility index (Phi) is 7.25. The molecule has 0 saturated heterocycles. The van der Waals surface area contributed by atoms with E-state index in [0.29, 0.717) is 16.8 Å². The Morgan fingerprint density at radius 2 is 1.59 bits per heavy atom. The van der Waals surface area contributed by atoms with Crippen molar-refractivity contribution in [2.45, 2.75) is 6.54 Å². The van der Waals surface area contributed by atoms with Gasteiger partial charge in [0, 0.05) is 17.3 Å². The number of nitrogens with zero attached hydrogens (tertiary/aromatic N) is 1. The number of hydrogen-bond donors (Lipinski definition) is 1. The summed E-state index contributed by atoms with van der Waals surface area (Å²) in [4.78, 5) is 24.7. The van der Waals surface area contributed by atoms with Crippen LogP contribution >= 0.6 is 0 Å². The topological polar surface area (TPSA) is 59.3 Å². The minimum atomic E-state index is -0.239. The highest BCUT2D eigenvalue weighted by atomic mass is 79.9. The summed E-state index contributed by atoms with van der Waals surface area (Å²) in [6.07, 6.45) is 3.44. The number of ether oxygens (including phenoxy) is 1. The summed E-state index contributed by atoms with van der Waals surface area (Å²) >= 11 is 0. The predicted octanol–water partition coefficient (Wildman–Crippen LogP) is 0.122. The van der Waals surface area contributed by atoms with Gasteiger partial charge in [0.2, 0.25) is 12.3 Å². The molecule has 1 heterocycles. The fourth-order valence-electron chi connectivity index (χ4n) is 2.51. The first kappa shape index (κ1) is 20.3. The van der Waals surface area contributed by atoms with E-state index in [9.17, 15) is 9.59 Å². The van der Waals surface area contributed by atoms with Crippen molar-refractivity contribution in [1.29, 1.82) is 0 Å². The molecular weight excluding hydrogens is 408 g/mol. The normalized spacial score (nSPS) is 9.81. The minimum absolute atomic E-state index is 0. The molecule has 0 aliphatic rings. The lowest BCUT2D eigenvalue weighted by atomic mass is 10.1. The molecule has 0 aliphatic heterocycles. The van der Waals surface area contributed by atoms with E-state index in [1.807, 2.05) is 18.2 Å². The van der Waals surface area contributed by atoms with Gasteiger partial charge >= 0.3 is 0 Å². The Bertz CT molecular complexity index is 912. The number of amides is 1. The third kappa shape index (κ3) is 5.49. The molecule has 6 heteroatoms. The van der Waals surface area contributed by atoms with Gasteiger partial charge in [0.25, 0.3) is 5.91 Å². The lowest BCUT2D eigenvalue weighted by Gasteiger charge is -2.06. The third-order valence-electron chi connectivity index (χ3n) is 3.89. The van der Waals surface area contributed by atoms with Crippen molar-refractivity contribution in [2.75, 3.05) is 12.4 Å². The zero-order valence-corrected chi connectivity index (χ0v) is 16.3. The highest BCUT2D eigenvalue weighted by Gasteiger charge is 2.15. The van der Waals surface area contributed by atoms with E-state index in [1.54, 1.807) is 72.6 Å². The highest BCUT2D eigenvalue weighted by molar-refractivity contribution is 6.03. The van der Waals surface area contributed by atoms with Crippen LogP contribution in [0.4, 0.5) is 5.69 Å². The van der Waals surface area contributed by atoms with Crippen molar-refractivity contribution in [2.24, 2.45) is 0 Å². The molecule has 1 amide bonds. The number of nitrogens with one attached hydrogen (secondary N) is 1. The van der Waals surface area contributed by atoms with Gasteiger partial charge < -0.3 is 27.0 Å². The number of anilines is 1. The van der Waals surface area contributed by atoms with Crippen LogP contribution in [0.25, 0.3) is 0 Å². The molecule has 0 radical (unpaired) electrons. The highest BCUT2D eigenvalue weighted by Crippen LogP contribution is 2.15. The van der Waals surface area contributed by atoms with Crippen LogP contribution in [0.5, 0.6) is 5.75 Å².